The Bertz CT molecular complexity index is 312. The number of pyridine rings is 1. The summed E-state index contributed by atoms with van der Waals surface area (Å²) in [5, 5.41) is 0. The molecule has 0 spiro atoms. The summed E-state index contributed by atoms with van der Waals surface area (Å²) >= 11 is 13.1. The SMILES string of the molecule is COc1c(SCCCCl)ccnc1CCl.Cl. The smallest absolute Gasteiger partial charge is 0.155 e. The van der Waals surface area contributed by atoms with Crippen LogP contribution in [-0.2, 0) is 5.88 Å². The van der Waals surface area contributed by atoms with Gasteiger partial charge in [0, 0.05) is 12.1 Å². The molecule has 1 aromatic rings. The van der Waals surface area contributed by atoms with Crippen LogP contribution in [0.1, 0.15) is 12.1 Å². The molecular formula is C10H14Cl3NOS. The van der Waals surface area contributed by atoms with Crippen molar-refractivity contribution < 1.29 is 4.74 Å². The van der Waals surface area contributed by atoms with Gasteiger partial charge in [0.1, 0.15) is 0 Å². The summed E-state index contributed by atoms with van der Waals surface area (Å²) < 4.78 is 5.30. The first-order valence-electron chi connectivity index (χ1n) is 4.60. The number of ether oxygens (including phenoxy) is 1. The van der Waals surface area contributed by atoms with Crippen molar-refractivity contribution in [3.05, 3.63) is 18.0 Å². The lowest BCUT2D eigenvalue weighted by molar-refractivity contribution is 0.398. The zero-order valence-electron chi connectivity index (χ0n) is 8.91. The molecule has 0 aliphatic rings. The van der Waals surface area contributed by atoms with Gasteiger partial charge in [-0.25, -0.2) is 0 Å². The lowest BCUT2D eigenvalue weighted by Crippen LogP contribution is -1.95. The van der Waals surface area contributed by atoms with Crippen LogP contribution in [0.25, 0.3) is 0 Å². The van der Waals surface area contributed by atoms with Crippen molar-refractivity contribution >= 4 is 47.4 Å². The highest BCUT2D eigenvalue weighted by atomic mass is 35.5. The van der Waals surface area contributed by atoms with Gasteiger partial charge in [0.2, 0.25) is 0 Å². The Labute approximate surface area is 116 Å². The molecule has 0 aromatic carbocycles. The van der Waals surface area contributed by atoms with E-state index in [4.69, 9.17) is 27.9 Å². The highest BCUT2D eigenvalue weighted by Crippen LogP contribution is 2.32. The second-order valence-corrected chi connectivity index (χ2v) is 4.60. The van der Waals surface area contributed by atoms with E-state index in [2.05, 4.69) is 4.98 Å². The van der Waals surface area contributed by atoms with Gasteiger partial charge in [0.05, 0.1) is 23.6 Å². The molecule has 16 heavy (non-hydrogen) atoms. The summed E-state index contributed by atoms with van der Waals surface area (Å²) in [5.41, 5.74) is 0.787. The molecule has 2 nitrogen and oxygen atoms in total. The number of methoxy groups -OCH3 is 1. The van der Waals surface area contributed by atoms with Crippen molar-refractivity contribution in [2.24, 2.45) is 0 Å². The molecule has 0 fully saturated rings. The number of hydrogen-bond acceptors (Lipinski definition) is 3. The van der Waals surface area contributed by atoms with Gasteiger partial charge in [-0.15, -0.1) is 47.4 Å². The van der Waals surface area contributed by atoms with Gasteiger partial charge in [-0.1, -0.05) is 0 Å². The molecule has 0 radical (unpaired) electrons. The lowest BCUT2D eigenvalue weighted by atomic mass is 10.3. The number of thioether (sulfide) groups is 1. The summed E-state index contributed by atoms with van der Waals surface area (Å²) in [4.78, 5) is 5.24. The molecule has 1 rings (SSSR count). The molecule has 1 aromatic heterocycles. The number of nitrogens with zero attached hydrogens (tertiary/aromatic N) is 1. The molecule has 0 saturated carbocycles. The molecule has 0 saturated heterocycles. The van der Waals surface area contributed by atoms with E-state index in [1.54, 1.807) is 25.1 Å². The zero-order valence-corrected chi connectivity index (χ0v) is 12.1. The van der Waals surface area contributed by atoms with E-state index in [9.17, 15) is 0 Å². The molecule has 0 aliphatic heterocycles. The Balaban J connectivity index is 0.00000225. The molecule has 6 heteroatoms. The minimum absolute atomic E-state index is 0. The van der Waals surface area contributed by atoms with Gasteiger partial charge >= 0.3 is 0 Å². The molecule has 0 bridgehead atoms. The molecule has 1 heterocycles. The topological polar surface area (TPSA) is 22.1 Å². The predicted molar refractivity (Wildman–Crippen MR) is 73.7 cm³/mol. The first-order chi connectivity index (χ1) is 7.33. The zero-order chi connectivity index (χ0) is 11.1. The first kappa shape index (κ1) is 16.2. The van der Waals surface area contributed by atoms with Gasteiger partial charge in [0.15, 0.2) is 5.75 Å². The van der Waals surface area contributed by atoms with E-state index in [0.29, 0.717) is 11.8 Å². The third-order valence-electron chi connectivity index (χ3n) is 1.81. The highest BCUT2D eigenvalue weighted by molar-refractivity contribution is 7.99. The lowest BCUT2D eigenvalue weighted by Gasteiger charge is -2.10. The van der Waals surface area contributed by atoms with Crippen molar-refractivity contribution in [2.75, 3.05) is 18.7 Å². The first-order valence-corrected chi connectivity index (χ1v) is 6.65. The minimum Gasteiger partial charge on any atom is -0.494 e. The molecule has 0 aliphatic carbocycles. The maximum absolute atomic E-state index is 5.77. The summed E-state index contributed by atoms with van der Waals surface area (Å²) in [6.07, 6.45) is 2.73. The standard InChI is InChI=1S/C10H13Cl2NOS.ClH/c1-14-10-8(7-12)13-5-3-9(10)15-6-2-4-11;/h3,5H,2,4,6-7H2,1H3;1H. The van der Waals surface area contributed by atoms with Gasteiger partial charge in [-0.05, 0) is 18.2 Å². The second kappa shape index (κ2) is 9.23. The van der Waals surface area contributed by atoms with Crippen LogP contribution in [0.2, 0.25) is 0 Å². The second-order valence-electron chi connectivity index (χ2n) is 2.81. The van der Waals surface area contributed by atoms with Crippen LogP contribution < -0.4 is 4.74 Å². The van der Waals surface area contributed by atoms with Crippen molar-refractivity contribution in [3.63, 3.8) is 0 Å². The van der Waals surface area contributed by atoms with E-state index in [1.165, 1.54) is 0 Å². The number of rotatable bonds is 6. The monoisotopic (exact) mass is 301 g/mol. The molecular weight excluding hydrogens is 289 g/mol. The van der Waals surface area contributed by atoms with Gasteiger partial charge in [0.25, 0.3) is 0 Å². The molecule has 0 N–H and O–H groups in total. The predicted octanol–water partition coefficient (Wildman–Crippen LogP) is 3.97. The molecule has 0 amide bonds. The van der Waals surface area contributed by atoms with E-state index < -0.39 is 0 Å². The quantitative estimate of drug-likeness (QED) is 0.451. The van der Waals surface area contributed by atoms with Crippen molar-refractivity contribution in [1.82, 2.24) is 4.98 Å². The Morgan fingerprint density at radius 2 is 2.19 bits per heavy atom. The Kier molecular flexibility index (Phi) is 9.32. The third-order valence-corrected chi connectivity index (χ3v) is 3.45. The van der Waals surface area contributed by atoms with Crippen LogP contribution in [0.15, 0.2) is 17.2 Å². The normalized spacial score (nSPS) is 9.69. The van der Waals surface area contributed by atoms with Gasteiger partial charge in [-0.2, -0.15) is 0 Å². The van der Waals surface area contributed by atoms with Gasteiger partial charge < -0.3 is 4.74 Å². The highest BCUT2D eigenvalue weighted by Gasteiger charge is 2.09. The van der Waals surface area contributed by atoms with Crippen molar-refractivity contribution in [2.45, 2.75) is 17.2 Å². The summed E-state index contributed by atoms with van der Waals surface area (Å²) in [6.45, 7) is 0. The summed E-state index contributed by atoms with van der Waals surface area (Å²) in [7, 11) is 1.64. The number of alkyl halides is 2. The number of aromatic nitrogens is 1. The van der Waals surface area contributed by atoms with Crippen LogP contribution in [0.4, 0.5) is 0 Å². The maximum atomic E-state index is 5.77. The van der Waals surface area contributed by atoms with Crippen molar-refractivity contribution in [1.29, 1.82) is 0 Å². The van der Waals surface area contributed by atoms with Crippen LogP contribution in [0.3, 0.4) is 0 Å². The Morgan fingerprint density at radius 1 is 1.44 bits per heavy atom. The average Bonchev–Trinajstić information content (AvgIpc) is 2.29. The Hall–Kier alpha value is 0.170. The van der Waals surface area contributed by atoms with E-state index in [1.807, 2.05) is 6.07 Å². The fraction of sp³-hybridized carbons (Fsp3) is 0.500. The summed E-state index contributed by atoms with van der Waals surface area (Å²) in [5.74, 6) is 2.81. The summed E-state index contributed by atoms with van der Waals surface area (Å²) in [6, 6.07) is 1.94. The van der Waals surface area contributed by atoms with Crippen LogP contribution in [0, 0.1) is 0 Å². The number of hydrogen-bond donors (Lipinski definition) is 0. The fourth-order valence-corrected chi connectivity index (χ4v) is 2.62. The maximum Gasteiger partial charge on any atom is 0.155 e. The average molecular weight is 303 g/mol. The van der Waals surface area contributed by atoms with E-state index >= 15 is 0 Å². The van der Waals surface area contributed by atoms with Crippen LogP contribution in [-0.4, -0.2) is 23.7 Å². The molecule has 0 unspecified atom stereocenters. The van der Waals surface area contributed by atoms with Crippen LogP contribution in [0.5, 0.6) is 5.75 Å². The van der Waals surface area contributed by atoms with E-state index in [-0.39, 0.29) is 12.4 Å². The van der Waals surface area contributed by atoms with Crippen molar-refractivity contribution in [3.8, 4) is 5.75 Å². The largest absolute Gasteiger partial charge is 0.494 e. The number of halogens is 3. The molecule has 0 atom stereocenters. The Morgan fingerprint density at radius 3 is 2.75 bits per heavy atom. The third kappa shape index (κ3) is 4.58. The van der Waals surface area contributed by atoms with Crippen LogP contribution >= 0.6 is 47.4 Å². The van der Waals surface area contributed by atoms with E-state index in [0.717, 1.165) is 28.5 Å². The molecule has 92 valence electrons. The minimum atomic E-state index is 0. The van der Waals surface area contributed by atoms with Gasteiger partial charge in [-0.3, -0.25) is 4.98 Å². The fourth-order valence-electron chi connectivity index (χ4n) is 1.14.